The number of carboxylic acid groups (broad SMARTS) is 1. The minimum absolute atomic E-state index is 0. The summed E-state index contributed by atoms with van der Waals surface area (Å²) >= 11 is 5.95. The summed E-state index contributed by atoms with van der Waals surface area (Å²) in [5.41, 5.74) is 4.25. The lowest BCUT2D eigenvalue weighted by Crippen LogP contribution is -2.58. The van der Waals surface area contributed by atoms with Gasteiger partial charge in [0.05, 0.1) is 16.8 Å². The third kappa shape index (κ3) is 3.79. The third-order valence-corrected chi connectivity index (χ3v) is 6.29. The summed E-state index contributed by atoms with van der Waals surface area (Å²) < 4.78 is 28.5. The van der Waals surface area contributed by atoms with Crippen LogP contribution in [0.25, 0.3) is 10.8 Å². The van der Waals surface area contributed by atoms with Crippen LogP contribution in [-0.2, 0) is 14.8 Å². The predicted octanol–water partition coefficient (Wildman–Crippen LogP) is 1.80. The largest absolute Gasteiger partial charge is 0.480 e. The van der Waals surface area contributed by atoms with Crippen molar-refractivity contribution in [1.29, 1.82) is 5.41 Å². The van der Waals surface area contributed by atoms with Crippen LogP contribution >= 0.6 is 24.2 Å². The van der Waals surface area contributed by atoms with Gasteiger partial charge in [0.15, 0.2) is 0 Å². The van der Waals surface area contributed by atoms with E-state index in [1.54, 1.807) is 0 Å². The van der Waals surface area contributed by atoms with E-state index >= 15 is 0 Å². The van der Waals surface area contributed by atoms with Crippen LogP contribution in [0.4, 0.5) is 5.69 Å². The average molecular weight is 434 g/mol. The van der Waals surface area contributed by atoms with Crippen molar-refractivity contribution < 1.29 is 18.3 Å². The third-order valence-electron chi connectivity index (χ3n) is 4.39. The number of halogens is 2. The van der Waals surface area contributed by atoms with E-state index in [0.717, 1.165) is 4.42 Å². The van der Waals surface area contributed by atoms with Gasteiger partial charge in [0.2, 0.25) is 16.0 Å². The van der Waals surface area contributed by atoms with E-state index in [-0.39, 0.29) is 30.1 Å². The van der Waals surface area contributed by atoms with Gasteiger partial charge in [-0.05, 0) is 31.4 Å². The number of nitrogens with one attached hydrogen (secondary N) is 2. The number of nitrogens with two attached hydrogens (primary N) is 1. The lowest BCUT2D eigenvalue weighted by molar-refractivity contribution is -0.147. The van der Waals surface area contributed by atoms with Gasteiger partial charge in [-0.15, -0.1) is 12.4 Å². The Morgan fingerprint density at radius 2 is 2.04 bits per heavy atom. The maximum Gasteiger partial charge on any atom is 0.324 e. The molecule has 1 aromatic heterocycles. The topological polar surface area (TPSA) is 149 Å². The monoisotopic (exact) mass is 433 g/mol. The number of aromatic nitrogens is 1. The summed E-state index contributed by atoms with van der Waals surface area (Å²) in [6, 6.07) is 4.22. The fourth-order valence-electron chi connectivity index (χ4n) is 2.80. The molecule has 5 N–H and O–H groups in total. The number of hydrogen-bond donors (Lipinski definition) is 4. The van der Waals surface area contributed by atoms with Gasteiger partial charge in [-0.3, -0.25) is 15.2 Å². The molecule has 0 unspecified atom stereocenters. The Kier molecular flexibility index (Phi) is 5.85. The fourth-order valence-corrected chi connectivity index (χ4v) is 4.39. The molecule has 0 aliphatic heterocycles. The van der Waals surface area contributed by atoms with Gasteiger partial charge in [0.25, 0.3) is 0 Å². The summed E-state index contributed by atoms with van der Waals surface area (Å²) in [6.45, 7) is 0. The van der Waals surface area contributed by atoms with Crippen LogP contribution in [-0.4, -0.2) is 36.0 Å². The van der Waals surface area contributed by atoms with Gasteiger partial charge in [-0.2, -0.15) is 4.72 Å². The molecule has 0 saturated heterocycles. The van der Waals surface area contributed by atoms with Gasteiger partial charge >= 0.3 is 5.97 Å². The minimum atomic E-state index is -4.04. The number of aliphatic carboxylic acids is 1. The molecular formula is C15H17Cl2N5O4S. The lowest BCUT2D eigenvalue weighted by Gasteiger charge is -2.37. The zero-order valence-electron chi connectivity index (χ0n) is 13.8. The highest BCUT2D eigenvalue weighted by Crippen LogP contribution is 2.34. The highest BCUT2D eigenvalue weighted by Gasteiger charge is 2.47. The molecule has 1 saturated carbocycles. The zero-order chi connectivity index (χ0) is 19.1. The number of hydrogen-bond acceptors (Lipinski definition) is 5. The number of pyridine rings is 1. The number of benzene rings is 1. The first kappa shape index (κ1) is 21.2. The molecule has 1 aromatic carbocycles. The smallest absolute Gasteiger partial charge is 0.324 e. The second-order valence-corrected chi connectivity index (χ2v) is 8.07. The van der Waals surface area contributed by atoms with Gasteiger partial charge in [-0.25, -0.2) is 12.8 Å². The summed E-state index contributed by atoms with van der Waals surface area (Å²) in [5.74, 6) is -1.59. The molecule has 27 heavy (non-hydrogen) atoms. The summed E-state index contributed by atoms with van der Waals surface area (Å²) in [4.78, 5) is 15.3. The average Bonchev–Trinajstić information content (AvgIpc) is 2.56. The van der Waals surface area contributed by atoms with Crippen molar-refractivity contribution in [3.63, 3.8) is 0 Å². The Balaban J connectivity index is 0.00000261. The molecule has 9 nitrogen and oxygen atoms in total. The van der Waals surface area contributed by atoms with E-state index in [2.05, 4.69) is 9.71 Å². The zero-order valence-corrected chi connectivity index (χ0v) is 16.2. The van der Waals surface area contributed by atoms with Crippen molar-refractivity contribution >= 4 is 62.6 Å². The first-order chi connectivity index (χ1) is 12.2. The summed E-state index contributed by atoms with van der Waals surface area (Å²) in [7, 11) is -4.04. The quantitative estimate of drug-likeness (QED) is 0.318. The van der Waals surface area contributed by atoms with E-state index in [4.69, 9.17) is 22.9 Å². The van der Waals surface area contributed by atoms with Crippen molar-refractivity contribution in [2.45, 2.75) is 29.7 Å². The molecule has 1 aliphatic rings. The van der Waals surface area contributed by atoms with Crippen molar-refractivity contribution in [2.24, 2.45) is 5.73 Å². The molecule has 3 rings (SSSR count). The number of nitrogens with zero attached hydrogens (tertiary/aromatic N) is 2. The van der Waals surface area contributed by atoms with Crippen molar-refractivity contribution in [3.8, 4) is 0 Å². The van der Waals surface area contributed by atoms with E-state index < -0.39 is 27.5 Å². The minimum Gasteiger partial charge on any atom is -0.480 e. The molecular weight excluding hydrogens is 417 g/mol. The van der Waals surface area contributed by atoms with Crippen LogP contribution in [0.1, 0.15) is 19.3 Å². The van der Waals surface area contributed by atoms with Crippen LogP contribution in [0.2, 0.25) is 0 Å². The number of fused-ring (bicyclic) bond motifs is 1. The highest BCUT2D eigenvalue weighted by atomic mass is 35.5. The molecule has 0 bridgehead atoms. The van der Waals surface area contributed by atoms with E-state index in [0.29, 0.717) is 22.9 Å². The standard InChI is InChI=1S/C15H16ClN5O4S.ClH/c16-21(14(17)18)12-8-19-7-9-6-10(2-3-11(9)12)26(24,25)20-15(13(22)23)4-1-5-15;/h2-3,6-8,20H,1,4-5H2,(H3,17,18)(H,22,23);1H. The van der Waals surface area contributed by atoms with Crippen LogP contribution in [0.3, 0.4) is 0 Å². The predicted molar refractivity (Wildman–Crippen MR) is 104 cm³/mol. The number of carboxylic acids is 1. The number of rotatable bonds is 5. The van der Waals surface area contributed by atoms with Gasteiger partial charge < -0.3 is 10.8 Å². The molecule has 2 aromatic rings. The Bertz CT molecular complexity index is 1010. The van der Waals surface area contributed by atoms with Crippen LogP contribution in [0, 0.1) is 5.41 Å². The number of carbonyl (C=O) groups is 1. The van der Waals surface area contributed by atoms with Crippen LogP contribution in [0.15, 0.2) is 35.5 Å². The highest BCUT2D eigenvalue weighted by molar-refractivity contribution is 7.89. The number of guanidine groups is 1. The van der Waals surface area contributed by atoms with Gasteiger partial charge in [-0.1, -0.05) is 6.07 Å². The fraction of sp³-hybridized carbons (Fsp3) is 0.267. The Hall–Kier alpha value is -2.14. The lowest BCUT2D eigenvalue weighted by atomic mass is 9.78. The molecule has 0 atom stereocenters. The normalized spacial score (nSPS) is 15.4. The molecule has 1 fully saturated rings. The first-order valence-electron chi connectivity index (χ1n) is 7.61. The van der Waals surface area contributed by atoms with Crippen molar-refractivity contribution in [2.75, 3.05) is 4.42 Å². The SMILES string of the molecule is Cl.N=C(N)N(Cl)c1cncc2cc(S(=O)(=O)NC3(C(=O)O)CCC3)ccc12. The van der Waals surface area contributed by atoms with Gasteiger partial charge in [0.1, 0.15) is 5.54 Å². The second kappa shape index (κ2) is 7.47. The van der Waals surface area contributed by atoms with E-state index in [9.17, 15) is 18.3 Å². The molecule has 12 heteroatoms. The van der Waals surface area contributed by atoms with Crippen LogP contribution < -0.4 is 14.9 Å². The maximum atomic E-state index is 12.6. The number of sulfonamides is 1. The molecule has 1 aliphatic carbocycles. The Morgan fingerprint density at radius 1 is 1.37 bits per heavy atom. The molecule has 146 valence electrons. The van der Waals surface area contributed by atoms with E-state index in [1.807, 2.05) is 0 Å². The summed E-state index contributed by atoms with van der Waals surface area (Å²) in [6.07, 6.45) is 3.99. The van der Waals surface area contributed by atoms with Crippen LogP contribution in [0.5, 0.6) is 0 Å². The second-order valence-electron chi connectivity index (χ2n) is 6.05. The molecule has 0 amide bonds. The Labute approximate surface area is 166 Å². The number of anilines is 1. The summed E-state index contributed by atoms with van der Waals surface area (Å²) in [5, 5.41) is 17.7. The molecule has 0 radical (unpaired) electrons. The van der Waals surface area contributed by atoms with Gasteiger partial charge in [0, 0.05) is 28.7 Å². The maximum absolute atomic E-state index is 12.6. The van der Waals surface area contributed by atoms with Crippen molar-refractivity contribution in [1.82, 2.24) is 9.71 Å². The first-order valence-corrected chi connectivity index (χ1v) is 9.43. The van der Waals surface area contributed by atoms with E-state index in [1.165, 1.54) is 30.6 Å². The van der Waals surface area contributed by atoms with Crippen molar-refractivity contribution in [3.05, 3.63) is 30.6 Å². The Morgan fingerprint density at radius 3 is 2.56 bits per heavy atom. The molecule has 1 heterocycles. The molecule has 0 spiro atoms.